The molecule has 0 amide bonds. The van der Waals surface area contributed by atoms with Gasteiger partial charge in [0.05, 0.1) is 11.6 Å². The van der Waals surface area contributed by atoms with Crippen LogP contribution in [0.2, 0.25) is 0 Å². The molecule has 2 nitrogen and oxygen atoms in total. The van der Waals surface area contributed by atoms with Crippen LogP contribution in [0.1, 0.15) is 28.7 Å². The van der Waals surface area contributed by atoms with Crippen molar-refractivity contribution in [1.82, 2.24) is 0 Å². The third kappa shape index (κ3) is 2.56. The van der Waals surface area contributed by atoms with E-state index in [1.807, 2.05) is 0 Å². The van der Waals surface area contributed by atoms with Gasteiger partial charge in [-0.1, -0.05) is 12.1 Å². The zero-order valence-electron chi connectivity index (χ0n) is 9.66. The fourth-order valence-electron chi connectivity index (χ4n) is 1.66. The second kappa shape index (κ2) is 4.49. The average molecular weight is 255 g/mol. The maximum Gasteiger partial charge on any atom is 0.416 e. The van der Waals surface area contributed by atoms with Gasteiger partial charge in [0.15, 0.2) is 0 Å². The molecule has 96 valence electrons. The molecule has 0 saturated carbocycles. The van der Waals surface area contributed by atoms with E-state index in [-0.39, 0.29) is 0 Å². The van der Waals surface area contributed by atoms with E-state index in [0.717, 1.165) is 12.1 Å². The number of halogens is 3. The number of hydrogen-bond donors (Lipinski definition) is 1. The summed E-state index contributed by atoms with van der Waals surface area (Å²) in [5, 5.41) is 0. The Morgan fingerprint density at radius 2 is 1.67 bits per heavy atom. The smallest absolute Gasteiger partial charge is 0.416 e. The Bertz CT molecular complexity index is 528. The van der Waals surface area contributed by atoms with Crippen molar-refractivity contribution in [2.75, 3.05) is 0 Å². The predicted octanol–water partition coefficient (Wildman–Crippen LogP) is 3.65. The van der Waals surface area contributed by atoms with Crippen molar-refractivity contribution >= 4 is 0 Å². The molecule has 1 aromatic carbocycles. The monoisotopic (exact) mass is 255 g/mol. The second-order valence-electron chi connectivity index (χ2n) is 4.05. The summed E-state index contributed by atoms with van der Waals surface area (Å²) in [6.07, 6.45) is -4.33. The Kier molecular flexibility index (Phi) is 3.17. The van der Waals surface area contributed by atoms with Crippen molar-refractivity contribution in [2.24, 2.45) is 5.73 Å². The molecule has 1 aromatic heterocycles. The minimum Gasteiger partial charge on any atom is -0.464 e. The first-order valence-electron chi connectivity index (χ1n) is 5.37. The standard InChI is InChI=1S/C13H12F3NO/c1-8-2-7-11(18-8)12(17)9-3-5-10(6-4-9)13(14,15)16/h2-7,12H,17H2,1H3. The first kappa shape index (κ1) is 12.7. The maximum atomic E-state index is 12.4. The summed E-state index contributed by atoms with van der Waals surface area (Å²) in [5.74, 6) is 1.25. The fraction of sp³-hybridized carbons (Fsp3) is 0.231. The highest BCUT2D eigenvalue weighted by atomic mass is 19.4. The van der Waals surface area contributed by atoms with E-state index in [4.69, 9.17) is 10.2 Å². The van der Waals surface area contributed by atoms with Gasteiger partial charge in [-0.25, -0.2) is 0 Å². The molecule has 0 aliphatic rings. The van der Waals surface area contributed by atoms with Gasteiger partial charge in [-0.05, 0) is 36.8 Å². The van der Waals surface area contributed by atoms with Crippen molar-refractivity contribution in [3.8, 4) is 0 Å². The number of rotatable bonds is 2. The van der Waals surface area contributed by atoms with Gasteiger partial charge in [0.25, 0.3) is 0 Å². The van der Waals surface area contributed by atoms with Gasteiger partial charge in [0.2, 0.25) is 0 Å². The summed E-state index contributed by atoms with van der Waals surface area (Å²) in [4.78, 5) is 0. The number of benzene rings is 1. The van der Waals surface area contributed by atoms with Gasteiger partial charge in [0.1, 0.15) is 11.5 Å². The van der Waals surface area contributed by atoms with Crippen molar-refractivity contribution < 1.29 is 17.6 Å². The molecular weight excluding hydrogens is 243 g/mol. The maximum absolute atomic E-state index is 12.4. The highest BCUT2D eigenvalue weighted by Crippen LogP contribution is 2.30. The Labute approximate surface area is 102 Å². The molecule has 0 bridgehead atoms. The van der Waals surface area contributed by atoms with E-state index in [9.17, 15) is 13.2 Å². The molecule has 2 aromatic rings. The molecule has 0 spiro atoms. The largest absolute Gasteiger partial charge is 0.464 e. The van der Waals surface area contributed by atoms with Crippen molar-refractivity contribution in [1.29, 1.82) is 0 Å². The minimum absolute atomic E-state index is 0.534. The molecule has 5 heteroatoms. The van der Waals surface area contributed by atoms with Crippen molar-refractivity contribution in [3.63, 3.8) is 0 Å². The molecule has 0 saturated heterocycles. The SMILES string of the molecule is Cc1ccc(C(N)c2ccc(C(F)(F)F)cc2)o1. The Balaban J connectivity index is 2.24. The quantitative estimate of drug-likeness (QED) is 0.889. The molecule has 18 heavy (non-hydrogen) atoms. The van der Waals surface area contributed by atoms with Gasteiger partial charge in [-0.3, -0.25) is 0 Å². The highest BCUT2D eigenvalue weighted by molar-refractivity contribution is 5.30. The first-order valence-corrected chi connectivity index (χ1v) is 5.37. The molecule has 0 aliphatic heterocycles. The van der Waals surface area contributed by atoms with Crippen molar-refractivity contribution in [3.05, 3.63) is 59.0 Å². The Morgan fingerprint density at radius 1 is 1.06 bits per heavy atom. The highest BCUT2D eigenvalue weighted by Gasteiger charge is 2.30. The molecule has 0 fully saturated rings. The van der Waals surface area contributed by atoms with Crippen LogP contribution in [0.3, 0.4) is 0 Å². The van der Waals surface area contributed by atoms with Crippen LogP contribution in [-0.2, 0) is 6.18 Å². The molecule has 1 atom stereocenters. The third-order valence-electron chi connectivity index (χ3n) is 2.66. The lowest BCUT2D eigenvalue weighted by molar-refractivity contribution is -0.137. The van der Waals surface area contributed by atoms with Crippen LogP contribution in [0, 0.1) is 6.92 Å². The lowest BCUT2D eigenvalue weighted by Gasteiger charge is -2.11. The molecule has 2 N–H and O–H groups in total. The van der Waals surface area contributed by atoms with E-state index >= 15 is 0 Å². The zero-order chi connectivity index (χ0) is 13.3. The minimum atomic E-state index is -4.33. The molecule has 0 radical (unpaired) electrons. The normalized spacial score (nSPS) is 13.6. The van der Waals surface area contributed by atoms with E-state index < -0.39 is 17.8 Å². The molecule has 2 rings (SSSR count). The van der Waals surface area contributed by atoms with Crippen LogP contribution < -0.4 is 5.73 Å². The summed E-state index contributed by atoms with van der Waals surface area (Å²) >= 11 is 0. The van der Waals surface area contributed by atoms with Crippen LogP contribution in [0.5, 0.6) is 0 Å². The van der Waals surface area contributed by atoms with Gasteiger partial charge in [0, 0.05) is 0 Å². The molecule has 1 heterocycles. The van der Waals surface area contributed by atoms with Crippen LogP contribution in [0.4, 0.5) is 13.2 Å². The summed E-state index contributed by atoms with van der Waals surface area (Å²) in [6.45, 7) is 1.78. The molecular formula is C13H12F3NO. The summed E-state index contributed by atoms with van der Waals surface area (Å²) in [5.41, 5.74) is 5.81. The number of alkyl halides is 3. The summed E-state index contributed by atoms with van der Waals surface area (Å²) < 4.78 is 42.5. The Morgan fingerprint density at radius 3 is 2.11 bits per heavy atom. The molecule has 1 unspecified atom stereocenters. The number of hydrogen-bond acceptors (Lipinski definition) is 2. The summed E-state index contributed by atoms with van der Waals surface area (Å²) in [7, 11) is 0. The van der Waals surface area contributed by atoms with Crippen LogP contribution >= 0.6 is 0 Å². The van der Waals surface area contributed by atoms with Crippen LogP contribution in [0.25, 0.3) is 0 Å². The second-order valence-corrected chi connectivity index (χ2v) is 4.05. The van der Waals surface area contributed by atoms with Crippen LogP contribution in [-0.4, -0.2) is 0 Å². The Hall–Kier alpha value is -1.75. The van der Waals surface area contributed by atoms with E-state index in [0.29, 0.717) is 17.1 Å². The molecule has 0 aliphatic carbocycles. The summed E-state index contributed by atoms with van der Waals surface area (Å²) in [6, 6.07) is 7.70. The lowest BCUT2D eigenvalue weighted by atomic mass is 10.0. The number of furan rings is 1. The van der Waals surface area contributed by atoms with E-state index in [1.165, 1.54) is 12.1 Å². The first-order chi connectivity index (χ1) is 8.38. The van der Waals surface area contributed by atoms with Crippen LogP contribution in [0.15, 0.2) is 40.8 Å². The van der Waals surface area contributed by atoms with E-state index in [2.05, 4.69) is 0 Å². The van der Waals surface area contributed by atoms with Gasteiger partial charge >= 0.3 is 6.18 Å². The average Bonchev–Trinajstić information content (AvgIpc) is 2.74. The predicted molar refractivity (Wildman–Crippen MR) is 60.9 cm³/mol. The third-order valence-corrected chi connectivity index (χ3v) is 2.66. The van der Waals surface area contributed by atoms with Crippen molar-refractivity contribution in [2.45, 2.75) is 19.1 Å². The fourth-order valence-corrected chi connectivity index (χ4v) is 1.66. The van der Waals surface area contributed by atoms with Gasteiger partial charge in [-0.2, -0.15) is 13.2 Å². The zero-order valence-corrected chi connectivity index (χ0v) is 9.66. The van der Waals surface area contributed by atoms with Gasteiger partial charge < -0.3 is 10.2 Å². The van der Waals surface area contributed by atoms with E-state index in [1.54, 1.807) is 19.1 Å². The lowest BCUT2D eigenvalue weighted by Crippen LogP contribution is -2.12. The number of nitrogens with two attached hydrogens (primary N) is 1. The topological polar surface area (TPSA) is 39.2 Å². The van der Waals surface area contributed by atoms with Gasteiger partial charge in [-0.15, -0.1) is 0 Å². The number of aryl methyl sites for hydroxylation is 1.